The van der Waals surface area contributed by atoms with E-state index in [-0.39, 0.29) is 12.5 Å². The molecule has 30 heavy (non-hydrogen) atoms. The van der Waals surface area contributed by atoms with Crippen molar-refractivity contribution in [3.8, 4) is 17.4 Å². The highest BCUT2D eigenvalue weighted by molar-refractivity contribution is 5.91. The molecule has 0 radical (unpaired) electrons. The number of H-pyrrole nitrogens is 1. The van der Waals surface area contributed by atoms with Crippen LogP contribution in [0.3, 0.4) is 0 Å². The zero-order valence-electron chi connectivity index (χ0n) is 17.4. The normalized spacial score (nSPS) is 16.6. The lowest BCUT2D eigenvalue weighted by molar-refractivity contribution is 0.0507. The molecule has 1 fully saturated rings. The van der Waals surface area contributed by atoms with E-state index in [9.17, 15) is 10.2 Å². The standard InChI is InChI=1S/C24H30N2O4/c1-17-23-21(25-24(17)28)8-5-9-22(23)30-16-19(27)14-26-12-10-18(11-13-26)15-29-20-6-3-2-4-7-20/h2-9,18-19,25,27-28H,10-16H2,1H3. The predicted octanol–water partition coefficient (Wildman–Crippen LogP) is 3.71. The Balaban J connectivity index is 1.21. The van der Waals surface area contributed by atoms with Gasteiger partial charge in [0.25, 0.3) is 0 Å². The number of aromatic amines is 1. The lowest BCUT2D eigenvalue weighted by Gasteiger charge is -2.33. The Morgan fingerprint density at radius 3 is 2.60 bits per heavy atom. The zero-order valence-corrected chi connectivity index (χ0v) is 17.4. The van der Waals surface area contributed by atoms with Crippen LogP contribution in [-0.2, 0) is 0 Å². The number of hydrogen-bond donors (Lipinski definition) is 3. The number of aromatic hydroxyl groups is 1. The Morgan fingerprint density at radius 1 is 1.07 bits per heavy atom. The molecule has 160 valence electrons. The molecule has 0 aliphatic carbocycles. The molecule has 6 nitrogen and oxygen atoms in total. The molecule has 1 aromatic heterocycles. The summed E-state index contributed by atoms with van der Waals surface area (Å²) < 4.78 is 11.8. The number of rotatable bonds is 8. The molecule has 6 heteroatoms. The summed E-state index contributed by atoms with van der Waals surface area (Å²) in [5.74, 6) is 2.31. The zero-order chi connectivity index (χ0) is 20.9. The number of aryl methyl sites for hydroxylation is 1. The van der Waals surface area contributed by atoms with Crippen molar-refractivity contribution in [2.45, 2.75) is 25.9 Å². The third kappa shape index (κ3) is 4.89. The van der Waals surface area contributed by atoms with E-state index in [2.05, 4.69) is 9.88 Å². The molecule has 1 aliphatic heterocycles. The largest absolute Gasteiger partial charge is 0.494 e. The van der Waals surface area contributed by atoms with E-state index in [1.54, 1.807) is 0 Å². The molecule has 1 atom stereocenters. The number of aromatic nitrogens is 1. The number of aliphatic hydroxyl groups excluding tert-OH is 1. The first kappa shape index (κ1) is 20.6. The Kier molecular flexibility index (Phi) is 6.45. The number of para-hydroxylation sites is 1. The van der Waals surface area contributed by atoms with Gasteiger partial charge >= 0.3 is 0 Å². The van der Waals surface area contributed by atoms with Crippen LogP contribution in [0.2, 0.25) is 0 Å². The second-order valence-electron chi connectivity index (χ2n) is 8.11. The molecule has 2 aromatic carbocycles. The lowest BCUT2D eigenvalue weighted by atomic mass is 9.97. The van der Waals surface area contributed by atoms with Crippen molar-refractivity contribution in [3.05, 3.63) is 54.1 Å². The first-order chi connectivity index (χ1) is 14.6. The van der Waals surface area contributed by atoms with E-state index in [1.807, 2.05) is 55.5 Å². The number of nitrogens with zero attached hydrogens (tertiary/aromatic N) is 1. The van der Waals surface area contributed by atoms with Crippen LogP contribution in [0.25, 0.3) is 10.9 Å². The van der Waals surface area contributed by atoms with Crippen molar-refractivity contribution in [3.63, 3.8) is 0 Å². The Morgan fingerprint density at radius 2 is 1.83 bits per heavy atom. The van der Waals surface area contributed by atoms with Crippen molar-refractivity contribution in [1.29, 1.82) is 0 Å². The Hall–Kier alpha value is -2.70. The van der Waals surface area contributed by atoms with Gasteiger partial charge in [0.2, 0.25) is 0 Å². The number of β-amino-alcohol motifs (C(OH)–C–C–N with tert-alkyl or cyclic N) is 1. The van der Waals surface area contributed by atoms with Gasteiger partial charge in [-0.15, -0.1) is 0 Å². The van der Waals surface area contributed by atoms with E-state index in [0.717, 1.165) is 54.8 Å². The monoisotopic (exact) mass is 410 g/mol. The lowest BCUT2D eigenvalue weighted by Crippen LogP contribution is -2.41. The van der Waals surface area contributed by atoms with Crippen LogP contribution in [0.1, 0.15) is 18.4 Å². The summed E-state index contributed by atoms with van der Waals surface area (Å²) in [6.45, 7) is 5.33. The van der Waals surface area contributed by atoms with Gasteiger partial charge in [-0.3, -0.25) is 0 Å². The molecule has 1 unspecified atom stereocenters. The highest BCUT2D eigenvalue weighted by Crippen LogP contribution is 2.33. The van der Waals surface area contributed by atoms with Crippen LogP contribution in [0, 0.1) is 12.8 Å². The molecular weight excluding hydrogens is 380 g/mol. The second-order valence-corrected chi connectivity index (χ2v) is 8.11. The number of benzene rings is 2. The van der Waals surface area contributed by atoms with Crippen molar-refractivity contribution in [1.82, 2.24) is 9.88 Å². The fourth-order valence-corrected chi connectivity index (χ4v) is 4.09. The van der Waals surface area contributed by atoms with Gasteiger partial charge in [-0.25, -0.2) is 0 Å². The maximum Gasteiger partial charge on any atom is 0.192 e. The third-order valence-corrected chi connectivity index (χ3v) is 5.85. The fourth-order valence-electron chi connectivity index (χ4n) is 4.09. The molecule has 3 N–H and O–H groups in total. The van der Waals surface area contributed by atoms with Gasteiger partial charge in [0.1, 0.15) is 24.2 Å². The summed E-state index contributed by atoms with van der Waals surface area (Å²) in [5, 5.41) is 21.3. The molecular formula is C24H30N2O4. The minimum Gasteiger partial charge on any atom is -0.494 e. The first-order valence-corrected chi connectivity index (χ1v) is 10.6. The number of likely N-dealkylation sites (tertiary alicyclic amines) is 1. The van der Waals surface area contributed by atoms with Crippen molar-refractivity contribution < 1.29 is 19.7 Å². The molecule has 0 bridgehead atoms. The molecule has 0 saturated carbocycles. The van der Waals surface area contributed by atoms with Gasteiger partial charge < -0.3 is 29.6 Å². The second kappa shape index (κ2) is 9.41. The van der Waals surface area contributed by atoms with E-state index < -0.39 is 6.10 Å². The van der Waals surface area contributed by atoms with Gasteiger partial charge in [-0.1, -0.05) is 24.3 Å². The first-order valence-electron chi connectivity index (χ1n) is 10.6. The number of ether oxygens (including phenoxy) is 2. The van der Waals surface area contributed by atoms with Gasteiger partial charge in [0, 0.05) is 17.5 Å². The topological polar surface area (TPSA) is 78.0 Å². The average Bonchev–Trinajstić information content (AvgIpc) is 3.06. The van der Waals surface area contributed by atoms with Gasteiger partial charge in [-0.05, 0) is 63.0 Å². The molecule has 2 heterocycles. The molecule has 1 saturated heterocycles. The van der Waals surface area contributed by atoms with Crippen LogP contribution in [0.15, 0.2) is 48.5 Å². The van der Waals surface area contributed by atoms with E-state index >= 15 is 0 Å². The Bertz CT molecular complexity index is 948. The summed E-state index contributed by atoms with van der Waals surface area (Å²) in [7, 11) is 0. The van der Waals surface area contributed by atoms with Gasteiger partial charge in [-0.2, -0.15) is 0 Å². The van der Waals surface area contributed by atoms with Gasteiger partial charge in [0.15, 0.2) is 5.88 Å². The maximum atomic E-state index is 10.5. The number of fused-ring (bicyclic) bond motifs is 1. The third-order valence-electron chi connectivity index (χ3n) is 5.85. The number of hydrogen-bond acceptors (Lipinski definition) is 5. The average molecular weight is 411 g/mol. The smallest absolute Gasteiger partial charge is 0.192 e. The summed E-state index contributed by atoms with van der Waals surface area (Å²) in [6, 6.07) is 15.6. The molecule has 0 spiro atoms. The molecule has 0 amide bonds. The van der Waals surface area contributed by atoms with Crippen molar-refractivity contribution >= 4 is 10.9 Å². The molecule has 1 aliphatic rings. The van der Waals surface area contributed by atoms with E-state index in [1.165, 1.54) is 0 Å². The summed E-state index contributed by atoms with van der Waals surface area (Å²) in [5.41, 5.74) is 1.59. The van der Waals surface area contributed by atoms with Crippen LogP contribution >= 0.6 is 0 Å². The quantitative estimate of drug-likeness (QED) is 0.528. The maximum absolute atomic E-state index is 10.5. The summed E-state index contributed by atoms with van der Waals surface area (Å²) >= 11 is 0. The van der Waals surface area contributed by atoms with Crippen molar-refractivity contribution in [2.75, 3.05) is 32.8 Å². The SMILES string of the molecule is Cc1c(O)[nH]c2cccc(OCC(O)CN3CCC(COc4ccccc4)CC3)c12. The highest BCUT2D eigenvalue weighted by Gasteiger charge is 2.22. The minimum atomic E-state index is -0.565. The predicted molar refractivity (Wildman–Crippen MR) is 117 cm³/mol. The number of aliphatic hydroxyl groups is 1. The van der Waals surface area contributed by atoms with Gasteiger partial charge in [0.05, 0.1) is 12.1 Å². The molecule has 4 rings (SSSR count). The summed E-state index contributed by atoms with van der Waals surface area (Å²) in [4.78, 5) is 5.23. The van der Waals surface area contributed by atoms with E-state index in [0.29, 0.717) is 18.2 Å². The fraction of sp³-hybridized carbons (Fsp3) is 0.417. The number of nitrogens with one attached hydrogen (secondary N) is 1. The summed E-state index contributed by atoms with van der Waals surface area (Å²) in [6.07, 6.45) is 1.58. The Labute approximate surface area is 177 Å². The van der Waals surface area contributed by atoms with Crippen LogP contribution < -0.4 is 9.47 Å². The van der Waals surface area contributed by atoms with Crippen LogP contribution in [0.4, 0.5) is 0 Å². The minimum absolute atomic E-state index is 0.153. The van der Waals surface area contributed by atoms with E-state index in [4.69, 9.17) is 9.47 Å². The van der Waals surface area contributed by atoms with Crippen LogP contribution in [0.5, 0.6) is 17.4 Å². The van der Waals surface area contributed by atoms with Crippen LogP contribution in [-0.4, -0.2) is 59.0 Å². The number of piperidine rings is 1. The molecule has 3 aromatic rings. The van der Waals surface area contributed by atoms with Crippen molar-refractivity contribution in [2.24, 2.45) is 5.92 Å². The highest BCUT2D eigenvalue weighted by atomic mass is 16.5.